The van der Waals surface area contributed by atoms with Gasteiger partial charge in [-0.25, -0.2) is 4.98 Å². The summed E-state index contributed by atoms with van der Waals surface area (Å²) in [6.07, 6.45) is -0.283. The Labute approximate surface area is 116 Å². The van der Waals surface area contributed by atoms with Gasteiger partial charge in [0.15, 0.2) is 0 Å². The predicted molar refractivity (Wildman–Crippen MR) is 71.7 cm³/mol. The zero-order chi connectivity index (χ0) is 14.3. The molecular weight excluding hydrogens is 260 g/mol. The Hall–Kier alpha value is -1.73. The molecule has 7 nitrogen and oxygen atoms in total. The number of nitrogens with zero attached hydrogens (tertiary/aromatic N) is 3. The third-order valence-electron chi connectivity index (χ3n) is 4.16. The number of hydrogen-bond donors (Lipinski definition) is 2. The molecule has 0 radical (unpaired) electrons. The van der Waals surface area contributed by atoms with Gasteiger partial charge in [0.05, 0.1) is 12.5 Å². The zero-order valence-electron chi connectivity index (χ0n) is 11.4. The van der Waals surface area contributed by atoms with E-state index in [1.54, 1.807) is 6.92 Å². The highest BCUT2D eigenvalue weighted by Gasteiger charge is 2.34. The van der Waals surface area contributed by atoms with Crippen molar-refractivity contribution in [3.63, 3.8) is 0 Å². The Morgan fingerprint density at radius 1 is 1.40 bits per heavy atom. The Balaban J connectivity index is 1.92. The van der Waals surface area contributed by atoms with Crippen LogP contribution in [0.2, 0.25) is 0 Å². The molecule has 1 unspecified atom stereocenters. The lowest BCUT2D eigenvalue weighted by molar-refractivity contribution is -0.136. The number of carbonyl (C=O) groups is 1. The summed E-state index contributed by atoms with van der Waals surface area (Å²) in [4.78, 5) is 34.7. The summed E-state index contributed by atoms with van der Waals surface area (Å²) in [6, 6.07) is 0.114. The third-order valence-corrected chi connectivity index (χ3v) is 4.16. The largest absolute Gasteiger partial charge is 0.481 e. The lowest BCUT2D eigenvalue weighted by atomic mass is 10.1. The maximum absolute atomic E-state index is 12.1. The van der Waals surface area contributed by atoms with Crippen LogP contribution in [-0.4, -0.2) is 63.6 Å². The number of piperazine rings is 3. The van der Waals surface area contributed by atoms with E-state index in [2.05, 4.69) is 19.8 Å². The zero-order valence-corrected chi connectivity index (χ0v) is 11.4. The number of nitrogens with one attached hydrogen (secondary N) is 1. The summed E-state index contributed by atoms with van der Waals surface area (Å²) >= 11 is 0. The molecule has 4 rings (SSSR count). The second-order valence-electron chi connectivity index (χ2n) is 5.44. The Bertz CT molecular complexity index is 590. The Morgan fingerprint density at radius 2 is 2.10 bits per heavy atom. The number of rotatable bonds is 3. The molecule has 1 aromatic rings. The molecule has 0 spiro atoms. The molecule has 2 bridgehead atoms. The van der Waals surface area contributed by atoms with Crippen LogP contribution in [0.5, 0.6) is 0 Å². The number of H-pyrrole nitrogens is 1. The van der Waals surface area contributed by atoms with E-state index < -0.39 is 5.97 Å². The summed E-state index contributed by atoms with van der Waals surface area (Å²) < 4.78 is 0. The topological polar surface area (TPSA) is 89.5 Å². The number of fused-ring (bicyclic) bond motifs is 3. The molecule has 0 saturated carbocycles. The number of aromatic amines is 1. The molecule has 3 saturated heterocycles. The normalized spacial score (nSPS) is 28.6. The number of aryl methyl sites for hydroxylation is 1. The molecule has 4 heterocycles. The first-order valence-corrected chi connectivity index (χ1v) is 6.82. The number of hydrogen-bond acceptors (Lipinski definition) is 5. The van der Waals surface area contributed by atoms with Crippen LogP contribution in [0.1, 0.15) is 23.1 Å². The first kappa shape index (κ1) is 13.3. The molecule has 20 heavy (non-hydrogen) atoms. The fraction of sp³-hybridized carbons (Fsp3) is 0.615. The minimum absolute atomic E-state index is 0.114. The third kappa shape index (κ3) is 2.34. The minimum atomic E-state index is -1.01. The van der Waals surface area contributed by atoms with Gasteiger partial charge in [-0.15, -0.1) is 0 Å². The fourth-order valence-corrected chi connectivity index (χ4v) is 3.03. The predicted octanol–water partition coefficient (Wildman–Crippen LogP) is -0.622. The number of carboxylic acids is 1. The van der Waals surface area contributed by atoms with Crippen molar-refractivity contribution in [2.24, 2.45) is 0 Å². The van der Waals surface area contributed by atoms with Crippen LogP contribution in [0.4, 0.5) is 0 Å². The summed E-state index contributed by atoms with van der Waals surface area (Å²) in [7, 11) is 0. The van der Waals surface area contributed by atoms with Crippen molar-refractivity contribution in [2.75, 3.05) is 32.7 Å². The van der Waals surface area contributed by atoms with Gasteiger partial charge in [-0.05, 0) is 6.92 Å². The second-order valence-corrected chi connectivity index (χ2v) is 5.44. The number of carboxylic acid groups (broad SMARTS) is 1. The standard InChI is InChI=1S/C13H18N4O3/c1-8-9(6-11(18)19)13(20)15-12(14-8)10-7-16-2-4-17(10)5-3-16/h10H,2-7H2,1H3,(H,18,19)(H,14,15,20). The molecule has 3 aliphatic rings. The van der Waals surface area contributed by atoms with Gasteiger partial charge in [0.25, 0.3) is 5.56 Å². The molecule has 108 valence electrons. The van der Waals surface area contributed by atoms with Gasteiger partial charge in [0, 0.05) is 44.0 Å². The maximum atomic E-state index is 12.1. The molecular formula is C13H18N4O3. The highest BCUT2D eigenvalue weighted by atomic mass is 16.4. The van der Waals surface area contributed by atoms with E-state index >= 15 is 0 Å². The van der Waals surface area contributed by atoms with Crippen molar-refractivity contribution in [1.82, 2.24) is 19.8 Å². The average molecular weight is 278 g/mol. The molecule has 0 aromatic carbocycles. The van der Waals surface area contributed by atoms with E-state index in [4.69, 9.17) is 5.11 Å². The van der Waals surface area contributed by atoms with E-state index in [0.717, 1.165) is 32.7 Å². The van der Waals surface area contributed by atoms with Crippen LogP contribution in [-0.2, 0) is 11.2 Å². The van der Waals surface area contributed by atoms with E-state index in [1.807, 2.05) is 0 Å². The molecule has 0 aliphatic carbocycles. The van der Waals surface area contributed by atoms with E-state index in [9.17, 15) is 9.59 Å². The average Bonchev–Trinajstić information content (AvgIpc) is 2.43. The number of aliphatic carboxylic acids is 1. The van der Waals surface area contributed by atoms with Crippen LogP contribution < -0.4 is 5.56 Å². The Kier molecular flexibility index (Phi) is 3.31. The maximum Gasteiger partial charge on any atom is 0.308 e. The highest BCUT2D eigenvalue weighted by molar-refractivity contribution is 5.70. The molecule has 2 N–H and O–H groups in total. The molecule has 1 aromatic heterocycles. The lowest BCUT2D eigenvalue weighted by Gasteiger charge is -2.46. The van der Waals surface area contributed by atoms with Crippen LogP contribution >= 0.6 is 0 Å². The van der Waals surface area contributed by atoms with Crippen molar-refractivity contribution in [3.05, 3.63) is 27.4 Å². The van der Waals surface area contributed by atoms with Gasteiger partial charge in [0.2, 0.25) is 0 Å². The van der Waals surface area contributed by atoms with Crippen molar-refractivity contribution in [3.8, 4) is 0 Å². The summed E-state index contributed by atoms with van der Waals surface area (Å²) in [5, 5.41) is 8.82. The van der Waals surface area contributed by atoms with E-state index in [-0.39, 0.29) is 23.6 Å². The first-order valence-electron chi connectivity index (χ1n) is 6.82. The highest BCUT2D eigenvalue weighted by Crippen LogP contribution is 2.26. The minimum Gasteiger partial charge on any atom is -0.481 e. The van der Waals surface area contributed by atoms with Crippen LogP contribution in [0, 0.1) is 6.92 Å². The lowest BCUT2D eigenvalue weighted by Crippen LogP contribution is -2.57. The quantitative estimate of drug-likeness (QED) is 0.766. The van der Waals surface area contributed by atoms with Crippen LogP contribution in [0.25, 0.3) is 0 Å². The summed E-state index contributed by atoms with van der Waals surface area (Å²) in [6.45, 7) is 6.69. The Morgan fingerprint density at radius 3 is 2.60 bits per heavy atom. The first-order chi connectivity index (χ1) is 9.54. The molecule has 3 fully saturated rings. The van der Waals surface area contributed by atoms with Crippen molar-refractivity contribution in [2.45, 2.75) is 19.4 Å². The van der Waals surface area contributed by atoms with E-state index in [1.165, 1.54) is 0 Å². The van der Waals surface area contributed by atoms with Gasteiger partial charge in [-0.2, -0.15) is 0 Å². The van der Waals surface area contributed by atoms with Gasteiger partial charge in [0.1, 0.15) is 5.82 Å². The van der Waals surface area contributed by atoms with Gasteiger partial charge >= 0.3 is 5.97 Å². The van der Waals surface area contributed by atoms with Crippen molar-refractivity contribution in [1.29, 1.82) is 0 Å². The monoisotopic (exact) mass is 278 g/mol. The fourth-order valence-electron chi connectivity index (χ4n) is 3.03. The van der Waals surface area contributed by atoms with Crippen molar-refractivity contribution >= 4 is 5.97 Å². The smallest absolute Gasteiger partial charge is 0.308 e. The van der Waals surface area contributed by atoms with Gasteiger partial charge in [-0.3, -0.25) is 19.4 Å². The van der Waals surface area contributed by atoms with Gasteiger partial charge < -0.3 is 10.1 Å². The molecule has 7 heteroatoms. The van der Waals surface area contributed by atoms with Crippen molar-refractivity contribution < 1.29 is 9.90 Å². The number of aromatic nitrogens is 2. The summed E-state index contributed by atoms with van der Waals surface area (Å²) in [5.41, 5.74) is 0.439. The summed E-state index contributed by atoms with van der Waals surface area (Å²) in [5.74, 6) is -0.356. The molecule has 0 amide bonds. The van der Waals surface area contributed by atoms with E-state index in [0.29, 0.717) is 11.5 Å². The molecule has 3 aliphatic heterocycles. The van der Waals surface area contributed by atoms with Crippen LogP contribution in [0.3, 0.4) is 0 Å². The molecule has 1 atom stereocenters. The second kappa shape index (κ2) is 4.99. The van der Waals surface area contributed by atoms with Gasteiger partial charge in [-0.1, -0.05) is 0 Å². The SMILES string of the molecule is Cc1nc(C2CN3CCN2CC3)[nH]c(=O)c1CC(=O)O. The van der Waals surface area contributed by atoms with Crippen LogP contribution in [0.15, 0.2) is 4.79 Å².